The minimum atomic E-state index is -0.420. The van der Waals surface area contributed by atoms with E-state index < -0.39 is 11.6 Å². The third kappa shape index (κ3) is 2.25. The molecule has 0 fully saturated rings. The number of rotatable bonds is 1. The van der Waals surface area contributed by atoms with Gasteiger partial charge >= 0.3 is 0 Å². The zero-order valence-electron chi connectivity index (χ0n) is 5.52. The standard InChI is InChI=1S/C8H5F2I/c9-7-1-2-8(10)6(5-7)3-4-11/h1-5H/b4-3+. The molecule has 0 aliphatic carbocycles. The topological polar surface area (TPSA) is 0 Å². The molecule has 11 heavy (non-hydrogen) atoms. The molecule has 0 aromatic heterocycles. The average molecular weight is 266 g/mol. The highest BCUT2D eigenvalue weighted by Gasteiger charge is 1.98. The summed E-state index contributed by atoms with van der Waals surface area (Å²) in [6.45, 7) is 0. The van der Waals surface area contributed by atoms with Gasteiger partial charge in [0.2, 0.25) is 0 Å². The Balaban J connectivity index is 3.12. The van der Waals surface area contributed by atoms with Crippen molar-refractivity contribution in [1.82, 2.24) is 0 Å². The van der Waals surface area contributed by atoms with Gasteiger partial charge in [0, 0.05) is 5.56 Å². The van der Waals surface area contributed by atoms with Crippen LogP contribution >= 0.6 is 22.6 Å². The van der Waals surface area contributed by atoms with Crippen LogP contribution in [0.3, 0.4) is 0 Å². The van der Waals surface area contributed by atoms with Crippen molar-refractivity contribution >= 4 is 28.7 Å². The minimum Gasteiger partial charge on any atom is -0.207 e. The van der Waals surface area contributed by atoms with E-state index in [1.54, 1.807) is 4.08 Å². The van der Waals surface area contributed by atoms with E-state index in [0.717, 1.165) is 18.2 Å². The number of halogens is 3. The maximum atomic E-state index is 12.7. The van der Waals surface area contributed by atoms with Crippen LogP contribution in [0.1, 0.15) is 5.56 Å². The molecule has 0 radical (unpaired) electrons. The Kier molecular flexibility index (Phi) is 2.99. The van der Waals surface area contributed by atoms with Crippen molar-refractivity contribution in [2.45, 2.75) is 0 Å². The molecule has 0 saturated carbocycles. The Labute approximate surface area is 77.1 Å². The van der Waals surface area contributed by atoms with Gasteiger partial charge in [-0.15, -0.1) is 0 Å². The molecule has 0 atom stereocenters. The van der Waals surface area contributed by atoms with Crippen molar-refractivity contribution in [3.63, 3.8) is 0 Å². The van der Waals surface area contributed by atoms with Crippen molar-refractivity contribution in [2.24, 2.45) is 0 Å². The quantitative estimate of drug-likeness (QED) is 0.683. The van der Waals surface area contributed by atoms with Gasteiger partial charge in [-0.25, -0.2) is 8.78 Å². The van der Waals surface area contributed by atoms with Gasteiger partial charge in [0.05, 0.1) is 0 Å². The summed E-state index contributed by atoms with van der Waals surface area (Å²) < 4.78 is 26.8. The van der Waals surface area contributed by atoms with E-state index in [1.807, 2.05) is 22.6 Å². The Bertz CT molecular complexity index is 281. The molecular weight excluding hydrogens is 261 g/mol. The molecule has 0 amide bonds. The summed E-state index contributed by atoms with van der Waals surface area (Å²) in [4.78, 5) is 0. The van der Waals surface area contributed by atoms with Crippen molar-refractivity contribution in [1.29, 1.82) is 0 Å². The van der Waals surface area contributed by atoms with E-state index in [0.29, 0.717) is 0 Å². The lowest BCUT2D eigenvalue weighted by molar-refractivity contribution is 0.598. The molecule has 0 unspecified atom stereocenters. The van der Waals surface area contributed by atoms with Crippen molar-refractivity contribution < 1.29 is 8.78 Å². The highest BCUT2D eigenvalue weighted by Crippen LogP contribution is 2.11. The van der Waals surface area contributed by atoms with Crippen LogP contribution in [0, 0.1) is 11.6 Å². The minimum absolute atomic E-state index is 0.277. The Morgan fingerprint density at radius 3 is 2.64 bits per heavy atom. The van der Waals surface area contributed by atoms with E-state index in [4.69, 9.17) is 0 Å². The van der Waals surface area contributed by atoms with Crippen LogP contribution in [0.4, 0.5) is 8.78 Å². The first-order valence-corrected chi connectivity index (χ1v) is 4.20. The maximum Gasteiger partial charge on any atom is 0.130 e. The van der Waals surface area contributed by atoms with E-state index in [9.17, 15) is 8.78 Å². The smallest absolute Gasteiger partial charge is 0.130 e. The van der Waals surface area contributed by atoms with E-state index >= 15 is 0 Å². The zero-order chi connectivity index (χ0) is 8.27. The lowest BCUT2D eigenvalue weighted by atomic mass is 10.2. The molecule has 0 aliphatic rings. The van der Waals surface area contributed by atoms with Gasteiger partial charge in [-0.1, -0.05) is 22.6 Å². The molecule has 0 bridgehead atoms. The molecule has 1 rings (SSSR count). The second-order valence-electron chi connectivity index (χ2n) is 1.96. The second kappa shape index (κ2) is 3.80. The fourth-order valence-electron chi connectivity index (χ4n) is 0.710. The van der Waals surface area contributed by atoms with Crippen LogP contribution in [0.15, 0.2) is 22.3 Å². The first kappa shape index (κ1) is 8.64. The molecule has 0 aliphatic heterocycles. The zero-order valence-corrected chi connectivity index (χ0v) is 7.68. The highest BCUT2D eigenvalue weighted by atomic mass is 127. The van der Waals surface area contributed by atoms with E-state index in [2.05, 4.69) is 0 Å². The predicted molar refractivity (Wildman–Crippen MR) is 49.4 cm³/mol. The first-order valence-electron chi connectivity index (χ1n) is 2.96. The van der Waals surface area contributed by atoms with E-state index in [1.165, 1.54) is 6.08 Å². The monoisotopic (exact) mass is 266 g/mol. The highest BCUT2D eigenvalue weighted by molar-refractivity contribution is 14.1. The summed E-state index contributed by atoms with van der Waals surface area (Å²) in [6, 6.07) is 3.37. The third-order valence-electron chi connectivity index (χ3n) is 1.20. The van der Waals surface area contributed by atoms with E-state index in [-0.39, 0.29) is 5.56 Å². The SMILES string of the molecule is Fc1ccc(F)c(/C=C/I)c1. The second-order valence-corrected chi connectivity index (χ2v) is 2.68. The number of benzene rings is 1. The summed E-state index contributed by atoms with van der Waals surface area (Å²) in [6.07, 6.45) is 1.51. The van der Waals surface area contributed by atoms with Crippen molar-refractivity contribution in [3.05, 3.63) is 39.5 Å². The molecule has 0 spiro atoms. The number of hydrogen-bond acceptors (Lipinski definition) is 0. The summed E-state index contributed by atoms with van der Waals surface area (Å²) in [5.74, 6) is -0.824. The van der Waals surface area contributed by atoms with Crippen molar-refractivity contribution in [3.8, 4) is 0 Å². The Morgan fingerprint density at radius 1 is 1.27 bits per heavy atom. The van der Waals surface area contributed by atoms with Gasteiger partial charge in [0.15, 0.2) is 0 Å². The summed E-state index contributed by atoms with van der Waals surface area (Å²) in [5, 5.41) is 0. The van der Waals surface area contributed by atoms with Crippen molar-refractivity contribution in [2.75, 3.05) is 0 Å². The molecule has 1 aromatic carbocycles. The van der Waals surface area contributed by atoms with Gasteiger partial charge in [0.25, 0.3) is 0 Å². The molecule has 1 aromatic rings. The number of hydrogen-bond donors (Lipinski definition) is 0. The average Bonchev–Trinajstić information content (AvgIpc) is 1.98. The fourth-order valence-corrected chi connectivity index (χ4v) is 1.10. The maximum absolute atomic E-state index is 12.7. The first-order chi connectivity index (χ1) is 5.24. The molecule has 0 heterocycles. The third-order valence-corrected chi connectivity index (χ3v) is 1.56. The molecule has 0 saturated heterocycles. The molecule has 3 heteroatoms. The van der Waals surface area contributed by atoms with Crippen LogP contribution in [0.5, 0.6) is 0 Å². The lowest BCUT2D eigenvalue weighted by Gasteiger charge is -1.94. The summed E-state index contributed by atoms with van der Waals surface area (Å²) >= 11 is 1.95. The van der Waals surface area contributed by atoms with Crippen LogP contribution in [0.2, 0.25) is 0 Å². The van der Waals surface area contributed by atoms with Crippen LogP contribution in [-0.2, 0) is 0 Å². The van der Waals surface area contributed by atoms with Crippen LogP contribution in [-0.4, -0.2) is 0 Å². The molecule has 58 valence electrons. The van der Waals surface area contributed by atoms with Crippen LogP contribution in [0.25, 0.3) is 6.08 Å². The van der Waals surface area contributed by atoms with Gasteiger partial charge in [-0.3, -0.25) is 0 Å². The van der Waals surface area contributed by atoms with Gasteiger partial charge in [-0.2, -0.15) is 0 Å². The molecule has 0 nitrogen and oxygen atoms in total. The molecule has 0 N–H and O–H groups in total. The van der Waals surface area contributed by atoms with Gasteiger partial charge in [-0.05, 0) is 28.4 Å². The lowest BCUT2D eigenvalue weighted by Crippen LogP contribution is -1.82. The summed E-state index contributed by atoms with van der Waals surface area (Å²) in [5.41, 5.74) is 0.277. The summed E-state index contributed by atoms with van der Waals surface area (Å²) in [7, 11) is 0. The largest absolute Gasteiger partial charge is 0.207 e. The Morgan fingerprint density at radius 2 is 2.00 bits per heavy atom. The Hall–Kier alpha value is -0.450. The van der Waals surface area contributed by atoms with Crippen LogP contribution < -0.4 is 0 Å². The van der Waals surface area contributed by atoms with Gasteiger partial charge in [0.1, 0.15) is 11.6 Å². The fraction of sp³-hybridized carbons (Fsp3) is 0. The predicted octanol–water partition coefficient (Wildman–Crippen LogP) is 3.37. The normalized spacial score (nSPS) is 10.8. The van der Waals surface area contributed by atoms with Gasteiger partial charge < -0.3 is 0 Å². The molecular formula is C8H5F2I.